The quantitative estimate of drug-likeness (QED) is 0.833. The minimum Gasteiger partial charge on any atom is -0.371 e. The highest BCUT2D eigenvalue weighted by atomic mass is 19.1. The van der Waals surface area contributed by atoms with Gasteiger partial charge in [-0.2, -0.15) is 0 Å². The van der Waals surface area contributed by atoms with E-state index >= 15 is 0 Å². The summed E-state index contributed by atoms with van der Waals surface area (Å²) in [6.45, 7) is 4.70. The highest BCUT2D eigenvalue weighted by Crippen LogP contribution is 2.24. The van der Waals surface area contributed by atoms with Crippen LogP contribution < -0.4 is 10.6 Å². The molecule has 0 unspecified atom stereocenters. The van der Waals surface area contributed by atoms with E-state index in [1.54, 1.807) is 0 Å². The van der Waals surface area contributed by atoms with E-state index in [0.29, 0.717) is 12.6 Å². The van der Waals surface area contributed by atoms with Crippen molar-refractivity contribution in [3.05, 3.63) is 29.6 Å². The van der Waals surface area contributed by atoms with Crippen LogP contribution in [0.2, 0.25) is 0 Å². The first-order valence-electron chi connectivity index (χ1n) is 5.85. The van der Waals surface area contributed by atoms with Crippen molar-refractivity contribution < 1.29 is 4.39 Å². The van der Waals surface area contributed by atoms with E-state index in [-0.39, 0.29) is 5.82 Å². The number of anilines is 1. The average Bonchev–Trinajstić information content (AvgIpc) is 2.30. The molecule has 1 aromatic carbocycles. The number of nitrogens with two attached hydrogens (primary N) is 1. The number of hydrogen-bond acceptors (Lipinski definition) is 2. The monoisotopic (exact) mass is 224 g/mol. The van der Waals surface area contributed by atoms with Gasteiger partial charge in [0.05, 0.1) is 0 Å². The molecular weight excluding hydrogens is 203 g/mol. The van der Waals surface area contributed by atoms with E-state index in [2.05, 4.69) is 18.7 Å². The maximum Gasteiger partial charge on any atom is 0.123 e. The maximum atomic E-state index is 13.1. The van der Waals surface area contributed by atoms with Crippen LogP contribution in [0.4, 0.5) is 10.1 Å². The predicted molar refractivity (Wildman–Crippen MR) is 67.1 cm³/mol. The molecule has 0 radical (unpaired) electrons. The Morgan fingerprint density at radius 1 is 1.31 bits per heavy atom. The number of rotatable bonds is 5. The molecule has 16 heavy (non-hydrogen) atoms. The van der Waals surface area contributed by atoms with Crippen molar-refractivity contribution in [2.75, 3.05) is 11.9 Å². The molecule has 90 valence electrons. The number of hydrogen-bond donors (Lipinski definition) is 1. The van der Waals surface area contributed by atoms with Crippen molar-refractivity contribution in [2.45, 2.75) is 39.3 Å². The Morgan fingerprint density at radius 2 is 1.94 bits per heavy atom. The van der Waals surface area contributed by atoms with E-state index in [4.69, 9.17) is 5.73 Å². The Morgan fingerprint density at radius 3 is 2.44 bits per heavy atom. The Balaban J connectivity index is 3.02. The highest BCUT2D eigenvalue weighted by Gasteiger charge is 2.14. The lowest BCUT2D eigenvalue weighted by Crippen LogP contribution is -2.31. The molecule has 0 amide bonds. The van der Waals surface area contributed by atoms with Gasteiger partial charge >= 0.3 is 0 Å². The van der Waals surface area contributed by atoms with Gasteiger partial charge in [-0.1, -0.05) is 13.8 Å². The maximum absolute atomic E-state index is 13.1. The second-order valence-corrected chi connectivity index (χ2v) is 4.06. The van der Waals surface area contributed by atoms with Crippen LogP contribution in [0, 0.1) is 5.82 Å². The first-order chi connectivity index (χ1) is 7.63. The molecule has 3 heteroatoms. The smallest absolute Gasteiger partial charge is 0.123 e. The summed E-state index contributed by atoms with van der Waals surface area (Å²) >= 11 is 0. The molecule has 2 N–H and O–H groups in total. The molecule has 0 atom stereocenters. The zero-order valence-electron chi connectivity index (χ0n) is 10.3. The molecule has 0 spiro atoms. The van der Waals surface area contributed by atoms with Crippen LogP contribution in [0.5, 0.6) is 0 Å². The van der Waals surface area contributed by atoms with Gasteiger partial charge in [0.1, 0.15) is 5.82 Å². The fourth-order valence-corrected chi connectivity index (χ4v) is 2.09. The van der Waals surface area contributed by atoms with Crippen LogP contribution in [0.25, 0.3) is 0 Å². The molecule has 0 aliphatic rings. The van der Waals surface area contributed by atoms with Crippen molar-refractivity contribution >= 4 is 5.69 Å². The molecule has 0 saturated heterocycles. The first kappa shape index (κ1) is 13.0. The Bertz CT molecular complexity index is 335. The van der Waals surface area contributed by atoms with Gasteiger partial charge in [-0.25, -0.2) is 4.39 Å². The SMILES string of the molecule is CCC(CC)N(C)c1ccc(F)cc1CN. The molecule has 1 rings (SSSR count). The first-order valence-corrected chi connectivity index (χ1v) is 5.85. The van der Waals surface area contributed by atoms with Crippen LogP contribution in [0.3, 0.4) is 0 Å². The van der Waals surface area contributed by atoms with Crippen LogP contribution in [-0.2, 0) is 6.54 Å². The summed E-state index contributed by atoms with van der Waals surface area (Å²) in [5.74, 6) is -0.220. The van der Waals surface area contributed by atoms with Gasteiger partial charge in [0.25, 0.3) is 0 Å². The molecule has 2 nitrogen and oxygen atoms in total. The normalized spacial score (nSPS) is 10.9. The van der Waals surface area contributed by atoms with Crippen molar-refractivity contribution in [3.63, 3.8) is 0 Å². The number of halogens is 1. The van der Waals surface area contributed by atoms with E-state index in [1.807, 2.05) is 13.1 Å². The second-order valence-electron chi connectivity index (χ2n) is 4.06. The summed E-state index contributed by atoms with van der Waals surface area (Å²) in [7, 11) is 2.05. The predicted octanol–water partition coefficient (Wildman–Crippen LogP) is 2.91. The topological polar surface area (TPSA) is 29.3 Å². The summed E-state index contributed by atoms with van der Waals surface area (Å²) < 4.78 is 13.1. The second kappa shape index (κ2) is 5.85. The zero-order chi connectivity index (χ0) is 12.1. The van der Waals surface area contributed by atoms with Crippen LogP contribution in [-0.4, -0.2) is 13.1 Å². The lowest BCUT2D eigenvalue weighted by Gasteiger charge is -2.30. The minimum atomic E-state index is -0.220. The standard InChI is InChI=1S/C13H21FN2/c1-4-12(5-2)16(3)13-7-6-11(14)8-10(13)9-15/h6-8,12H,4-5,9,15H2,1-3H3. The van der Waals surface area contributed by atoms with E-state index in [9.17, 15) is 4.39 Å². The Kier molecular flexibility index (Phi) is 4.74. The van der Waals surface area contributed by atoms with Gasteiger partial charge < -0.3 is 10.6 Å². The lowest BCUT2D eigenvalue weighted by atomic mass is 10.1. The molecule has 0 aliphatic carbocycles. The van der Waals surface area contributed by atoms with Crippen molar-refractivity contribution in [1.82, 2.24) is 0 Å². The van der Waals surface area contributed by atoms with Gasteiger partial charge in [-0.15, -0.1) is 0 Å². The van der Waals surface area contributed by atoms with Crippen molar-refractivity contribution in [1.29, 1.82) is 0 Å². The summed E-state index contributed by atoms with van der Waals surface area (Å²) in [4.78, 5) is 2.20. The van der Waals surface area contributed by atoms with Crippen LogP contribution in [0.1, 0.15) is 32.3 Å². The van der Waals surface area contributed by atoms with Crippen LogP contribution >= 0.6 is 0 Å². The highest BCUT2D eigenvalue weighted by molar-refractivity contribution is 5.54. The molecule has 1 aromatic rings. The third kappa shape index (κ3) is 2.73. The number of nitrogens with zero attached hydrogens (tertiary/aromatic N) is 1. The molecule has 0 fully saturated rings. The van der Waals surface area contributed by atoms with Gasteiger partial charge in [-0.3, -0.25) is 0 Å². The lowest BCUT2D eigenvalue weighted by molar-refractivity contribution is 0.587. The summed E-state index contributed by atoms with van der Waals surface area (Å²) in [5, 5.41) is 0. The van der Waals surface area contributed by atoms with Crippen molar-refractivity contribution in [3.8, 4) is 0 Å². The third-order valence-electron chi connectivity index (χ3n) is 3.13. The van der Waals surface area contributed by atoms with E-state index in [1.165, 1.54) is 12.1 Å². The molecular formula is C13H21FN2. The molecule has 0 aliphatic heterocycles. The zero-order valence-corrected chi connectivity index (χ0v) is 10.3. The fourth-order valence-electron chi connectivity index (χ4n) is 2.09. The van der Waals surface area contributed by atoms with Gasteiger partial charge in [0.15, 0.2) is 0 Å². The molecule has 0 bridgehead atoms. The van der Waals surface area contributed by atoms with Crippen LogP contribution in [0.15, 0.2) is 18.2 Å². The number of benzene rings is 1. The molecule has 0 saturated carbocycles. The van der Waals surface area contributed by atoms with Gasteiger partial charge in [-0.05, 0) is 36.6 Å². The molecule has 0 aromatic heterocycles. The third-order valence-corrected chi connectivity index (χ3v) is 3.13. The average molecular weight is 224 g/mol. The fraction of sp³-hybridized carbons (Fsp3) is 0.538. The van der Waals surface area contributed by atoms with Gasteiger partial charge in [0.2, 0.25) is 0 Å². The minimum absolute atomic E-state index is 0.220. The van der Waals surface area contributed by atoms with E-state index in [0.717, 1.165) is 24.1 Å². The summed E-state index contributed by atoms with van der Waals surface area (Å²) in [5.41, 5.74) is 7.56. The van der Waals surface area contributed by atoms with Crippen molar-refractivity contribution in [2.24, 2.45) is 5.73 Å². The Hall–Kier alpha value is -1.09. The largest absolute Gasteiger partial charge is 0.371 e. The van der Waals surface area contributed by atoms with Gasteiger partial charge in [0, 0.05) is 25.3 Å². The Labute approximate surface area is 97.3 Å². The summed E-state index contributed by atoms with van der Waals surface area (Å²) in [6.07, 6.45) is 2.16. The molecule has 0 heterocycles. The summed E-state index contributed by atoms with van der Waals surface area (Å²) in [6, 6.07) is 5.31. The van der Waals surface area contributed by atoms with E-state index < -0.39 is 0 Å².